The Morgan fingerprint density at radius 2 is 1.87 bits per heavy atom. The SMILES string of the molecule is COc1ccc(C/C(C)=N\NC(=S)Nc2ccccc2F)cc1. The molecule has 0 atom stereocenters. The molecule has 120 valence electrons. The Morgan fingerprint density at radius 3 is 2.52 bits per heavy atom. The maximum Gasteiger partial charge on any atom is 0.191 e. The number of hydrogen-bond acceptors (Lipinski definition) is 3. The third-order valence-electron chi connectivity index (χ3n) is 3.09. The molecule has 2 rings (SSSR count). The van der Waals surface area contributed by atoms with E-state index in [2.05, 4.69) is 15.8 Å². The van der Waals surface area contributed by atoms with Crippen LogP contribution in [0.3, 0.4) is 0 Å². The standard InChI is InChI=1S/C17H18FN3OS/c1-12(11-13-7-9-14(22-2)10-8-13)20-21-17(23)19-16-6-4-3-5-15(16)18/h3-10H,11H2,1-2H3,(H2,19,21,23)/b20-12-. The molecule has 2 aromatic rings. The van der Waals surface area contributed by atoms with Gasteiger partial charge in [0.2, 0.25) is 0 Å². The lowest BCUT2D eigenvalue weighted by atomic mass is 10.1. The molecule has 0 heterocycles. The summed E-state index contributed by atoms with van der Waals surface area (Å²) in [6.45, 7) is 1.89. The predicted molar refractivity (Wildman–Crippen MR) is 95.6 cm³/mol. The second-order valence-corrected chi connectivity index (χ2v) is 5.33. The molecule has 0 saturated heterocycles. The van der Waals surface area contributed by atoms with E-state index in [-0.39, 0.29) is 10.9 Å². The van der Waals surface area contributed by atoms with Gasteiger partial charge in [0.25, 0.3) is 0 Å². The summed E-state index contributed by atoms with van der Waals surface area (Å²) in [5, 5.41) is 7.20. The summed E-state index contributed by atoms with van der Waals surface area (Å²) < 4.78 is 18.6. The molecule has 0 aliphatic heterocycles. The van der Waals surface area contributed by atoms with Gasteiger partial charge in [-0.05, 0) is 49.0 Å². The number of para-hydroxylation sites is 1. The molecule has 2 N–H and O–H groups in total. The summed E-state index contributed by atoms with van der Waals surface area (Å²) >= 11 is 5.10. The fourth-order valence-electron chi connectivity index (χ4n) is 1.94. The smallest absolute Gasteiger partial charge is 0.191 e. The van der Waals surface area contributed by atoms with Crippen LogP contribution in [0.25, 0.3) is 0 Å². The molecule has 0 fully saturated rings. The molecule has 4 nitrogen and oxygen atoms in total. The lowest BCUT2D eigenvalue weighted by Crippen LogP contribution is -2.25. The minimum atomic E-state index is -0.365. The largest absolute Gasteiger partial charge is 0.497 e. The number of hydrazone groups is 1. The third-order valence-corrected chi connectivity index (χ3v) is 3.28. The minimum Gasteiger partial charge on any atom is -0.497 e. The first kappa shape index (κ1) is 16.9. The maximum absolute atomic E-state index is 13.5. The van der Waals surface area contributed by atoms with Crippen LogP contribution >= 0.6 is 12.2 Å². The van der Waals surface area contributed by atoms with E-state index in [9.17, 15) is 4.39 Å². The quantitative estimate of drug-likeness (QED) is 0.498. The second kappa shape index (κ2) is 8.24. The van der Waals surface area contributed by atoms with Gasteiger partial charge >= 0.3 is 0 Å². The van der Waals surface area contributed by atoms with Gasteiger partial charge in [0.15, 0.2) is 5.11 Å². The number of hydrogen-bond donors (Lipinski definition) is 2. The van der Waals surface area contributed by atoms with Crippen molar-refractivity contribution in [3.05, 3.63) is 59.9 Å². The van der Waals surface area contributed by atoms with E-state index >= 15 is 0 Å². The number of halogens is 1. The zero-order valence-corrected chi connectivity index (χ0v) is 13.8. The molecule has 0 spiro atoms. The summed E-state index contributed by atoms with van der Waals surface area (Å²) in [7, 11) is 1.63. The molecule has 2 aromatic carbocycles. The number of anilines is 1. The van der Waals surface area contributed by atoms with Gasteiger partial charge in [-0.25, -0.2) is 4.39 Å². The monoisotopic (exact) mass is 331 g/mol. The summed E-state index contributed by atoms with van der Waals surface area (Å²) in [4.78, 5) is 0. The van der Waals surface area contributed by atoms with Crippen molar-refractivity contribution in [1.82, 2.24) is 5.43 Å². The highest BCUT2D eigenvalue weighted by Crippen LogP contribution is 2.13. The highest BCUT2D eigenvalue weighted by Gasteiger charge is 2.02. The van der Waals surface area contributed by atoms with Crippen LogP contribution in [0.15, 0.2) is 53.6 Å². The Hall–Kier alpha value is -2.47. The van der Waals surface area contributed by atoms with E-state index < -0.39 is 0 Å². The van der Waals surface area contributed by atoms with Crippen molar-refractivity contribution >= 4 is 28.7 Å². The van der Waals surface area contributed by atoms with Gasteiger partial charge in [0, 0.05) is 12.1 Å². The Kier molecular flexibility index (Phi) is 6.05. The first-order chi connectivity index (χ1) is 11.1. The normalized spacial score (nSPS) is 11.0. The molecular weight excluding hydrogens is 313 g/mol. The fourth-order valence-corrected chi connectivity index (χ4v) is 2.09. The number of ether oxygens (including phenoxy) is 1. The van der Waals surface area contributed by atoms with Crippen molar-refractivity contribution in [3.8, 4) is 5.75 Å². The number of methoxy groups -OCH3 is 1. The van der Waals surface area contributed by atoms with E-state index in [1.807, 2.05) is 31.2 Å². The van der Waals surface area contributed by atoms with Crippen molar-refractivity contribution < 1.29 is 9.13 Å². The van der Waals surface area contributed by atoms with Gasteiger partial charge in [-0.1, -0.05) is 24.3 Å². The zero-order valence-electron chi connectivity index (χ0n) is 13.0. The molecule has 0 bridgehead atoms. The van der Waals surface area contributed by atoms with Crippen molar-refractivity contribution in [2.75, 3.05) is 12.4 Å². The summed E-state index contributed by atoms with van der Waals surface area (Å²) in [6, 6.07) is 14.1. The van der Waals surface area contributed by atoms with Crippen LogP contribution in [0.1, 0.15) is 12.5 Å². The Labute approximate surface area is 140 Å². The van der Waals surface area contributed by atoms with Gasteiger partial charge < -0.3 is 10.1 Å². The van der Waals surface area contributed by atoms with Crippen LogP contribution in [-0.2, 0) is 6.42 Å². The number of nitrogens with one attached hydrogen (secondary N) is 2. The zero-order chi connectivity index (χ0) is 16.7. The van der Waals surface area contributed by atoms with Crippen LogP contribution in [0.2, 0.25) is 0 Å². The second-order valence-electron chi connectivity index (χ2n) is 4.92. The van der Waals surface area contributed by atoms with Crippen molar-refractivity contribution in [2.24, 2.45) is 5.10 Å². The summed E-state index contributed by atoms with van der Waals surface area (Å²) in [5.74, 6) is 0.451. The number of thiocarbonyl (C=S) groups is 1. The van der Waals surface area contributed by atoms with Gasteiger partial charge in [0.05, 0.1) is 12.8 Å². The van der Waals surface area contributed by atoms with Crippen molar-refractivity contribution in [3.63, 3.8) is 0 Å². The molecule has 0 unspecified atom stereocenters. The van der Waals surface area contributed by atoms with E-state index in [1.54, 1.807) is 25.3 Å². The third kappa shape index (κ3) is 5.34. The van der Waals surface area contributed by atoms with E-state index in [4.69, 9.17) is 17.0 Å². The van der Waals surface area contributed by atoms with Gasteiger partial charge in [-0.15, -0.1) is 0 Å². The molecule has 0 aliphatic rings. The Morgan fingerprint density at radius 1 is 1.17 bits per heavy atom. The maximum atomic E-state index is 13.5. The first-order valence-corrected chi connectivity index (χ1v) is 7.47. The number of nitrogens with zero attached hydrogens (tertiary/aromatic N) is 1. The summed E-state index contributed by atoms with van der Waals surface area (Å²) in [6.07, 6.45) is 0.680. The number of rotatable bonds is 5. The Balaban J connectivity index is 1.88. The average molecular weight is 331 g/mol. The molecule has 0 aliphatic carbocycles. The van der Waals surface area contributed by atoms with Gasteiger partial charge in [0.1, 0.15) is 11.6 Å². The highest BCUT2D eigenvalue weighted by atomic mass is 32.1. The van der Waals surface area contributed by atoms with Crippen LogP contribution in [0.5, 0.6) is 5.75 Å². The van der Waals surface area contributed by atoms with Crippen LogP contribution in [0.4, 0.5) is 10.1 Å². The van der Waals surface area contributed by atoms with Crippen molar-refractivity contribution in [1.29, 1.82) is 0 Å². The van der Waals surface area contributed by atoms with Crippen LogP contribution < -0.4 is 15.5 Å². The average Bonchev–Trinajstić information content (AvgIpc) is 2.56. The topological polar surface area (TPSA) is 45.6 Å². The summed E-state index contributed by atoms with van der Waals surface area (Å²) in [5.41, 5.74) is 5.00. The number of benzene rings is 2. The predicted octanol–water partition coefficient (Wildman–Crippen LogP) is 3.74. The lowest BCUT2D eigenvalue weighted by molar-refractivity contribution is 0.414. The Bertz CT molecular complexity index is 701. The fraction of sp³-hybridized carbons (Fsp3) is 0.176. The molecule has 0 aromatic heterocycles. The van der Waals surface area contributed by atoms with E-state index in [0.29, 0.717) is 12.1 Å². The molecule has 0 amide bonds. The molecule has 0 radical (unpaired) electrons. The molecular formula is C17H18FN3OS. The van der Waals surface area contributed by atoms with Gasteiger partial charge in [-0.2, -0.15) is 5.10 Å². The van der Waals surface area contributed by atoms with E-state index in [1.165, 1.54) is 6.07 Å². The van der Waals surface area contributed by atoms with Crippen LogP contribution in [-0.4, -0.2) is 17.9 Å². The highest BCUT2D eigenvalue weighted by molar-refractivity contribution is 7.80. The van der Waals surface area contributed by atoms with Gasteiger partial charge in [-0.3, -0.25) is 5.43 Å². The molecule has 6 heteroatoms. The molecule has 0 saturated carbocycles. The minimum absolute atomic E-state index is 0.240. The first-order valence-electron chi connectivity index (χ1n) is 7.06. The lowest BCUT2D eigenvalue weighted by Gasteiger charge is -2.09. The van der Waals surface area contributed by atoms with Crippen LogP contribution in [0, 0.1) is 5.82 Å². The van der Waals surface area contributed by atoms with Crippen molar-refractivity contribution in [2.45, 2.75) is 13.3 Å². The van der Waals surface area contributed by atoms with E-state index in [0.717, 1.165) is 17.0 Å². The molecule has 23 heavy (non-hydrogen) atoms.